The summed E-state index contributed by atoms with van der Waals surface area (Å²) in [5.74, 6) is -0.282. The number of hydrogen-bond donors (Lipinski definition) is 1. The predicted molar refractivity (Wildman–Crippen MR) is 64.1 cm³/mol. The number of nitrogens with zero attached hydrogens (tertiary/aromatic N) is 1. The van der Waals surface area contributed by atoms with Crippen molar-refractivity contribution in [3.05, 3.63) is 38.5 Å². The monoisotopic (exact) mass is 284 g/mol. The number of H-pyrrole nitrogens is 1. The van der Waals surface area contributed by atoms with Gasteiger partial charge in [-0.05, 0) is 34.0 Å². The van der Waals surface area contributed by atoms with Crippen molar-refractivity contribution < 1.29 is 4.39 Å². The Morgan fingerprint density at radius 1 is 1.38 bits per heavy atom. The maximum Gasteiger partial charge on any atom is 0.272 e. The highest BCUT2D eigenvalue weighted by Gasteiger charge is 2.12. The molecule has 0 aliphatic heterocycles. The van der Waals surface area contributed by atoms with Crippen LogP contribution in [0.3, 0.4) is 0 Å². The maximum absolute atomic E-state index is 13.3. The highest BCUT2D eigenvalue weighted by Crippen LogP contribution is 2.25. The Morgan fingerprint density at radius 2 is 2.06 bits per heavy atom. The van der Waals surface area contributed by atoms with Gasteiger partial charge in [-0.15, -0.1) is 0 Å². The molecular formula is C11H10BrFN2O. The molecule has 0 spiro atoms. The molecule has 0 aliphatic carbocycles. The zero-order valence-electron chi connectivity index (χ0n) is 8.84. The highest BCUT2D eigenvalue weighted by molar-refractivity contribution is 9.10. The van der Waals surface area contributed by atoms with Crippen LogP contribution in [0.25, 0.3) is 10.8 Å². The van der Waals surface area contributed by atoms with Crippen LogP contribution >= 0.6 is 15.9 Å². The van der Waals surface area contributed by atoms with E-state index in [2.05, 4.69) is 26.1 Å². The zero-order chi connectivity index (χ0) is 11.9. The number of aromatic nitrogens is 2. The summed E-state index contributed by atoms with van der Waals surface area (Å²) >= 11 is 3.11. The zero-order valence-corrected chi connectivity index (χ0v) is 10.4. The van der Waals surface area contributed by atoms with E-state index in [-0.39, 0.29) is 11.5 Å². The lowest BCUT2D eigenvalue weighted by Crippen LogP contribution is -2.12. The van der Waals surface area contributed by atoms with Gasteiger partial charge >= 0.3 is 0 Å². The van der Waals surface area contributed by atoms with Gasteiger partial charge in [-0.1, -0.05) is 13.8 Å². The average Bonchev–Trinajstić information content (AvgIpc) is 2.21. The predicted octanol–water partition coefficient (Wildman–Crippen LogP) is 2.95. The van der Waals surface area contributed by atoms with Crippen LogP contribution in [0.4, 0.5) is 4.39 Å². The minimum atomic E-state index is -0.445. The van der Waals surface area contributed by atoms with Gasteiger partial charge in [0.1, 0.15) is 5.82 Å². The number of fused-ring (bicyclic) bond motifs is 1. The molecule has 3 nitrogen and oxygen atoms in total. The maximum atomic E-state index is 13.3. The molecule has 16 heavy (non-hydrogen) atoms. The molecule has 1 heterocycles. The Balaban J connectivity index is 2.93. The normalized spacial score (nSPS) is 11.3. The van der Waals surface area contributed by atoms with Gasteiger partial charge in [-0.2, -0.15) is 5.10 Å². The Bertz CT molecular complexity index is 607. The fourth-order valence-corrected chi connectivity index (χ4v) is 1.96. The summed E-state index contributed by atoms with van der Waals surface area (Å²) in [5.41, 5.74) is 0.390. The Labute approximate surface area is 99.8 Å². The minimum absolute atomic E-state index is 0.164. The van der Waals surface area contributed by atoms with Crippen LogP contribution in [0.15, 0.2) is 21.4 Å². The van der Waals surface area contributed by atoms with E-state index < -0.39 is 5.82 Å². The van der Waals surface area contributed by atoms with E-state index in [4.69, 9.17) is 0 Å². The van der Waals surface area contributed by atoms with E-state index in [1.165, 1.54) is 6.07 Å². The van der Waals surface area contributed by atoms with Crippen molar-refractivity contribution in [1.82, 2.24) is 10.2 Å². The van der Waals surface area contributed by atoms with Crippen molar-refractivity contribution >= 4 is 26.7 Å². The van der Waals surface area contributed by atoms with E-state index in [0.29, 0.717) is 15.2 Å². The first-order valence-corrected chi connectivity index (χ1v) is 5.67. The Morgan fingerprint density at radius 3 is 2.69 bits per heavy atom. The molecule has 1 aromatic heterocycles. The summed E-state index contributed by atoms with van der Waals surface area (Å²) in [6.07, 6.45) is 0. The van der Waals surface area contributed by atoms with E-state index in [9.17, 15) is 9.18 Å². The summed E-state index contributed by atoms with van der Waals surface area (Å²) in [7, 11) is 0. The van der Waals surface area contributed by atoms with Crippen molar-refractivity contribution in [2.75, 3.05) is 0 Å². The summed E-state index contributed by atoms with van der Waals surface area (Å²) in [4.78, 5) is 11.5. The molecule has 0 fully saturated rings. The SMILES string of the molecule is CC(C)c1n[nH]c(=O)c2cc(F)c(Br)cc12. The fraction of sp³-hybridized carbons (Fsp3) is 0.273. The number of aromatic amines is 1. The van der Waals surface area contributed by atoms with E-state index in [0.717, 1.165) is 5.69 Å². The van der Waals surface area contributed by atoms with Crippen LogP contribution in [-0.4, -0.2) is 10.2 Å². The molecule has 84 valence electrons. The molecule has 5 heteroatoms. The van der Waals surface area contributed by atoms with E-state index >= 15 is 0 Å². The van der Waals surface area contributed by atoms with Crippen LogP contribution in [-0.2, 0) is 0 Å². The second-order valence-corrected chi connectivity index (χ2v) is 4.76. The molecule has 1 N–H and O–H groups in total. The van der Waals surface area contributed by atoms with Gasteiger partial charge in [0, 0.05) is 5.39 Å². The third kappa shape index (κ3) is 1.75. The molecular weight excluding hydrogens is 275 g/mol. The Kier molecular flexibility index (Phi) is 2.80. The number of hydrogen-bond acceptors (Lipinski definition) is 2. The van der Waals surface area contributed by atoms with Crippen LogP contribution in [0.2, 0.25) is 0 Å². The quantitative estimate of drug-likeness (QED) is 0.875. The van der Waals surface area contributed by atoms with Crippen LogP contribution in [0.1, 0.15) is 25.5 Å². The third-order valence-electron chi connectivity index (χ3n) is 2.41. The summed E-state index contributed by atoms with van der Waals surface area (Å²) in [5, 5.41) is 7.40. The lowest BCUT2D eigenvalue weighted by molar-refractivity contribution is 0.622. The van der Waals surface area contributed by atoms with Crippen molar-refractivity contribution in [2.45, 2.75) is 19.8 Å². The topological polar surface area (TPSA) is 45.8 Å². The second kappa shape index (κ2) is 3.97. The number of nitrogens with one attached hydrogen (secondary N) is 1. The smallest absolute Gasteiger partial charge is 0.267 e. The molecule has 0 radical (unpaired) electrons. The molecule has 0 saturated carbocycles. The van der Waals surface area contributed by atoms with Crippen LogP contribution in [0.5, 0.6) is 0 Å². The van der Waals surface area contributed by atoms with E-state index in [1.807, 2.05) is 13.8 Å². The van der Waals surface area contributed by atoms with Crippen molar-refractivity contribution in [3.63, 3.8) is 0 Å². The first kappa shape index (κ1) is 11.3. The molecule has 0 atom stereocenters. The lowest BCUT2D eigenvalue weighted by atomic mass is 10.0. The summed E-state index contributed by atoms with van der Waals surface area (Å²) in [6.45, 7) is 3.94. The number of benzene rings is 1. The number of rotatable bonds is 1. The van der Waals surface area contributed by atoms with Gasteiger partial charge in [0.05, 0.1) is 15.6 Å². The molecule has 2 rings (SSSR count). The molecule has 0 bridgehead atoms. The molecule has 0 aliphatic rings. The third-order valence-corrected chi connectivity index (χ3v) is 3.01. The van der Waals surface area contributed by atoms with Gasteiger partial charge in [0.15, 0.2) is 0 Å². The summed E-state index contributed by atoms with van der Waals surface area (Å²) in [6, 6.07) is 2.83. The first-order chi connectivity index (χ1) is 7.50. The second-order valence-electron chi connectivity index (χ2n) is 3.90. The first-order valence-electron chi connectivity index (χ1n) is 4.88. The van der Waals surface area contributed by atoms with Crippen molar-refractivity contribution in [1.29, 1.82) is 0 Å². The minimum Gasteiger partial charge on any atom is -0.267 e. The lowest BCUT2D eigenvalue weighted by Gasteiger charge is -2.08. The molecule has 0 unspecified atom stereocenters. The van der Waals surface area contributed by atoms with Crippen molar-refractivity contribution in [3.8, 4) is 0 Å². The molecule has 0 saturated heterocycles. The highest BCUT2D eigenvalue weighted by atomic mass is 79.9. The summed E-state index contributed by atoms with van der Waals surface area (Å²) < 4.78 is 13.7. The fourth-order valence-electron chi connectivity index (χ4n) is 1.62. The van der Waals surface area contributed by atoms with Gasteiger partial charge < -0.3 is 0 Å². The standard InChI is InChI=1S/C11H10BrFN2O/c1-5(2)10-6-3-8(12)9(13)4-7(6)11(16)15-14-10/h3-5H,1-2H3,(H,15,16). The van der Waals surface area contributed by atoms with Gasteiger partial charge in [-0.25, -0.2) is 9.49 Å². The molecule has 2 aromatic rings. The number of halogens is 2. The van der Waals surface area contributed by atoms with Crippen molar-refractivity contribution in [2.24, 2.45) is 0 Å². The largest absolute Gasteiger partial charge is 0.272 e. The van der Waals surface area contributed by atoms with Crippen LogP contribution in [0, 0.1) is 5.82 Å². The van der Waals surface area contributed by atoms with Crippen LogP contribution < -0.4 is 5.56 Å². The molecule has 1 aromatic carbocycles. The van der Waals surface area contributed by atoms with Gasteiger partial charge in [0.25, 0.3) is 5.56 Å². The average molecular weight is 285 g/mol. The molecule has 0 amide bonds. The van der Waals surface area contributed by atoms with Gasteiger partial charge in [-0.3, -0.25) is 4.79 Å². The van der Waals surface area contributed by atoms with E-state index in [1.54, 1.807) is 6.07 Å². The van der Waals surface area contributed by atoms with Gasteiger partial charge in [0.2, 0.25) is 0 Å². The Hall–Kier alpha value is -1.23.